The quantitative estimate of drug-likeness (QED) is 0.767. The molecule has 2 amide bonds. The van der Waals surface area contributed by atoms with Crippen LogP contribution in [0.15, 0.2) is 42.5 Å². The summed E-state index contributed by atoms with van der Waals surface area (Å²) in [4.78, 5) is 29.1. The van der Waals surface area contributed by atoms with Crippen molar-refractivity contribution in [1.29, 1.82) is 0 Å². The molecule has 1 aliphatic heterocycles. The van der Waals surface area contributed by atoms with E-state index in [0.29, 0.717) is 18.0 Å². The van der Waals surface area contributed by atoms with Crippen molar-refractivity contribution in [3.05, 3.63) is 53.9 Å². The Hall–Kier alpha value is -2.93. The second kappa shape index (κ2) is 9.32. The van der Waals surface area contributed by atoms with Gasteiger partial charge in [-0.1, -0.05) is 18.2 Å². The van der Waals surface area contributed by atoms with Gasteiger partial charge < -0.3 is 20.1 Å². The van der Waals surface area contributed by atoms with E-state index < -0.39 is 5.91 Å². The normalized spacial score (nSPS) is 16.0. The first kappa shape index (κ1) is 19.8. The lowest BCUT2D eigenvalue weighted by Gasteiger charge is -2.14. The fraction of sp³-hybridized carbons (Fsp3) is 0.381. The number of carbonyl (C=O) groups excluding carboxylic acids is 2. The minimum Gasteiger partial charge on any atom is -0.489 e. The molecule has 1 fully saturated rings. The molecule has 0 aliphatic carbocycles. The van der Waals surface area contributed by atoms with Gasteiger partial charge in [-0.2, -0.15) is 0 Å². The molecule has 0 radical (unpaired) electrons. The van der Waals surface area contributed by atoms with Crippen molar-refractivity contribution in [2.75, 3.05) is 18.5 Å². The van der Waals surface area contributed by atoms with Crippen molar-refractivity contribution in [3.8, 4) is 5.75 Å². The van der Waals surface area contributed by atoms with Crippen LogP contribution in [0.3, 0.4) is 0 Å². The average molecular weight is 383 g/mol. The summed E-state index contributed by atoms with van der Waals surface area (Å²) in [5, 5.41) is 5.61. The number of nitrogens with one attached hydrogen (secondary N) is 2. The van der Waals surface area contributed by atoms with E-state index in [1.165, 1.54) is 0 Å². The fourth-order valence-electron chi connectivity index (χ4n) is 2.90. The van der Waals surface area contributed by atoms with E-state index in [1.54, 1.807) is 30.3 Å². The highest BCUT2D eigenvalue weighted by molar-refractivity contribution is 6.04. The van der Waals surface area contributed by atoms with Gasteiger partial charge >= 0.3 is 0 Å². The molecule has 0 spiro atoms. The molecule has 3 rings (SSSR count). The zero-order chi connectivity index (χ0) is 19.9. The topological polar surface area (TPSA) is 89.5 Å². The van der Waals surface area contributed by atoms with Crippen molar-refractivity contribution in [3.63, 3.8) is 0 Å². The first-order valence-electron chi connectivity index (χ1n) is 9.47. The number of ether oxygens (including phenoxy) is 2. The van der Waals surface area contributed by atoms with Gasteiger partial charge in [0.15, 0.2) is 0 Å². The van der Waals surface area contributed by atoms with Crippen LogP contribution in [0.2, 0.25) is 0 Å². The predicted octanol–water partition coefficient (Wildman–Crippen LogP) is 3.03. The Morgan fingerprint density at radius 3 is 2.61 bits per heavy atom. The standard InChI is InChI=1S/C21H25N3O4/c1-14(2)28-19-11-4-3-8-16(19)24-21(26)18-10-5-9-17(23-18)20(25)22-13-15-7-6-12-27-15/h3-5,8-11,14-15H,6-7,12-13H2,1-2H3,(H,22,25)(H,24,26). The molecule has 7 heteroatoms. The van der Waals surface area contributed by atoms with Crippen LogP contribution in [0.4, 0.5) is 5.69 Å². The van der Waals surface area contributed by atoms with E-state index in [-0.39, 0.29) is 29.5 Å². The van der Waals surface area contributed by atoms with Crippen LogP contribution in [-0.4, -0.2) is 42.2 Å². The molecule has 1 unspecified atom stereocenters. The zero-order valence-electron chi connectivity index (χ0n) is 16.1. The largest absolute Gasteiger partial charge is 0.489 e. The number of carbonyl (C=O) groups is 2. The lowest BCUT2D eigenvalue weighted by Crippen LogP contribution is -2.32. The number of benzene rings is 1. The highest BCUT2D eigenvalue weighted by Crippen LogP contribution is 2.25. The average Bonchev–Trinajstić information content (AvgIpc) is 3.21. The van der Waals surface area contributed by atoms with E-state index in [0.717, 1.165) is 19.4 Å². The minimum absolute atomic E-state index is 0.0213. The molecule has 148 valence electrons. The monoisotopic (exact) mass is 383 g/mol. The van der Waals surface area contributed by atoms with Crippen molar-refractivity contribution < 1.29 is 19.1 Å². The van der Waals surface area contributed by atoms with Gasteiger partial charge in [0.2, 0.25) is 0 Å². The molecule has 2 aromatic rings. The molecule has 1 saturated heterocycles. The molecule has 28 heavy (non-hydrogen) atoms. The minimum atomic E-state index is -0.409. The summed E-state index contributed by atoms with van der Waals surface area (Å²) >= 11 is 0. The zero-order valence-corrected chi connectivity index (χ0v) is 16.1. The van der Waals surface area contributed by atoms with Crippen LogP contribution in [0.5, 0.6) is 5.75 Å². The second-order valence-electron chi connectivity index (χ2n) is 6.87. The summed E-state index contributed by atoms with van der Waals surface area (Å²) in [6, 6.07) is 12.0. The molecule has 1 aromatic carbocycles. The van der Waals surface area contributed by atoms with Crippen LogP contribution in [0.25, 0.3) is 0 Å². The van der Waals surface area contributed by atoms with Crippen molar-refractivity contribution >= 4 is 17.5 Å². The molecule has 0 saturated carbocycles. The fourth-order valence-corrected chi connectivity index (χ4v) is 2.90. The van der Waals surface area contributed by atoms with E-state index in [9.17, 15) is 9.59 Å². The van der Waals surface area contributed by atoms with Crippen LogP contribution in [0.1, 0.15) is 47.7 Å². The van der Waals surface area contributed by atoms with Gasteiger partial charge in [0, 0.05) is 13.2 Å². The first-order chi connectivity index (χ1) is 13.5. The Labute approximate surface area is 164 Å². The highest BCUT2D eigenvalue weighted by Gasteiger charge is 2.18. The molecular weight excluding hydrogens is 358 g/mol. The lowest BCUT2D eigenvalue weighted by atomic mass is 10.2. The molecule has 0 bridgehead atoms. The van der Waals surface area contributed by atoms with E-state index >= 15 is 0 Å². The summed E-state index contributed by atoms with van der Waals surface area (Å²) in [5.74, 6) is -0.154. The third-order valence-corrected chi connectivity index (χ3v) is 4.23. The van der Waals surface area contributed by atoms with E-state index in [2.05, 4.69) is 15.6 Å². The van der Waals surface area contributed by atoms with Gasteiger partial charge in [0.25, 0.3) is 11.8 Å². The molecule has 2 heterocycles. The Bertz CT molecular complexity index is 832. The Morgan fingerprint density at radius 2 is 1.89 bits per heavy atom. The van der Waals surface area contributed by atoms with Crippen LogP contribution < -0.4 is 15.4 Å². The molecule has 1 aromatic heterocycles. The number of hydrogen-bond acceptors (Lipinski definition) is 5. The SMILES string of the molecule is CC(C)Oc1ccccc1NC(=O)c1cccc(C(=O)NCC2CCCO2)n1. The van der Waals surface area contributed by atoms with Gasteiger partial charge in [0.1, 0.15) is 17.1 Å². The number of rotatable bonds is 7. The Morgan fingerprint density at radius 1 is 1.14 bits per heavy atom. The van der Waals surface area contributed by atoms with Crippen molar-refractivity contribution in [1.82, 2.24) is 10.3 Å². The Balaban J connectivity index is 1.66. The summed E-state index contributed by atoms with van der Waals surface area (Å²) in [7, 11) is 0. The first-order valence-corrected chi connectivity index (χ1v) is 9.47. The van der Waals surface area contributed by atoms with Crippen LogP contribution in [0, 0.1) is 0 Å². The van der Waals surface area contributed by atoms with E-state index in [1.807, 2.05) is 26.0 Å². The third kappa shape index (κ3) is 5.29. The van der Waals surface area contributed by atoms with Gasteiger partial charge in [-0.3, -0.25) is 9.59 Å². The molecule has 2 N–H and O–H groups in total. The predicted molar refractivity (Wildman–Crippen MR) is 106 cm³/mol. The Kier molecular flexibility index (Phi) is 6.60. The number of para-hydroxylation sites is 2. The number of amides is 2. The molecule has 7 nitrogen and oxygen atoms in total. The lowest BCUT2D eigenvalue weighted by molar-refractivity contribution is 0.0853. The smallest absolute Gasteiger partial charge is 0.274 e. The van der Waals surface area contributed by atoms with Crippen molar-refractivity contribution in [2.24, 2.45) is 0 Å². The van der Waals surface area contributed by atoms with Gasteiger partial charge in [-0.25, -0.2) is 4.98 Å². The van der Waals surface area contributed by atoms with Crippen LogP contribution >= 0.6 is 0 Å². The summed E-state index contributed by atoms with van der Waals surface area (Å²) in [5.41, 5.74) is 0.901. The maximum absolute atomic E-state index is 12.6. The van der Waals surface area contributed by atoms with Crippen LogP contribution in [-0.2, 0) is 4.74 Å². The number of pyridine rings is 1. The second-order valence-corrected chi connectivity index (χ2v) is 6.87. The van der Waals surface area contributed by atoms with Gasteiger partial charge in [-0.05, 0) is 51.0 Å². The number of anilines is 1. The number of nitrogens with zero attached hydrogens (tertiary/aromatic N) is 1. The van der Waals surface area contributed by atoms with Gasteiger partial charge in [0.05, 0.1) is 17.9 Å². The maximum atomic E-state index is 12.6. The number of hydrogen-bond donors (Lipinski definition) is 2. The molecular formula is C21H25N3O4. The summed E-state index contributed by atoms with van der Waals surface area (Å²) < 4.78 is 11.2. The molecule has 1 aliphatic rings. The highest BCUT2D eigenvalue weighted by atomic mass is 16.5. The summed E-state index contributed by atoms with van der Waals surface area (Å²) in [6.07, 6.45) is 1.98. The molecule has 1 atom stereocenters. The third-order valence-electron chi connectivity index (χ3n) is 4.23. The van der Waals surface area contributed by atoms with Crippen molar-refractivity contribution in [2.45, 2.75) is 38.9 Å². The summed E-state index contributed by atoms with van der Waals surface area (Å²) in [6.45, 7) is 5.00. The number of aromatic nitrogens is 1. The maximum Gasteiger partial charge on any atom is 0.274 e. The van der Waals surface area contributed by atoms with Gasteiger partial charge in [-0.15, -0.1) is 0 Å². The van der Waals surface area contributed by atoms with E-state index in [4.69, 9.17) is 9.47 Å².